The largest absolute Gasteiger partial charge is 0.307 e. The average molecular weight is 1050 g/mol. The SMILES string of the molecule is N#Cc1c(-c2ccccc2)c(C#N)c(-n2c3c(ccc4c5ccccc5sc43)c3ccc4c5cccc(-c6ccccc6)c5sc4c32)c(-c2cc(-c3ccccc3)cc(-c3ccccc3)c2)c1-n1c2ccccc2c2ccccc21. The average Bonchev–Trinajstić information content (AvgIpc) is 4.47. The lowest BCUT2D eigenvalue weighted by Gasteiger charge is -2.26. The van der Waals surface area contributed by atoms with Crippen molar-refractivity contribution in [2.24, 2.45) is 0 Å². The standard InChI is InChI=1S/C74H42N4S2/c75-43-61-66(48-26-11-4-12-27-48)62(44-76)69(67(68(61)77-63-33-16-13-28-53(63)54-29-14-17-34-64(54)77)51-41-49(45-20-5-1-6-21-45)40-50(42-51)46-22-7-2-8-23-46)78-70-56(36-38-59-55-30-15-18-35-65(55)79-73(59)70)57-37-39-60-58-32-19-31-52(47-24-9-3-10-25-47)72(58)80-74(60)71(57)78/h1-42H. The second-order valence-electron chi connectivity index (χ2n) is 20.4. The molecule has 0 saturated heterocycles. The third kappa shape index (κ3) is 6.77. The Morgan fingerprint density at radius 3 is 1.29 bits per heavy atom. The zero-order valence-electron chi connectivity index (χ0n) is 42.9. The fourth-order valence-electron chi connectivity index (χ4n) is 12.8. The van der Waals surface area contributed by atoms with Crippen molar-refractivity contribution < 1.29 is 0 Å². The van der Waals surface area contributed by atoms with Crippen molar-refractivity contribution in [3.8, 4) is 79.1 Å². The lowest BCUT2D eigenvalue weighted by Crippen LogP contribution is -2.11. The summed E-state index contributed by atoms with van der Waals surface area (Å²) < 4.78 is 9.42. The number of para-hydroxylation sites is 2. The molecular weight excluding hydrogens is 1010 g/mol. The summed E-state index contributed by atoms with van der Waals surface area (Å²) in [6, 6.07) is 96.1. The van der Waals surface area contributed by atoms with Gasteiger partial charge in [0, 0.05) is 63.6 Å². The molecule has 16 aromatic rings. The van der Waals surface area contributed by atoms with Gasteiger partial charge in [-0.05, 0) is 80.9 Å². The molecule has 4 aromatic heterocycles. The van der Waals surface area contributed by atoms with E-state index in [1.807, 2.05) is 41.7 Å². The number of nitrogens with zero attached hydrogens (tertiary/aromatic N) is 4. The maximum absolute atomic E-state index is 12.6. The number of fused-ring (bicyclic) bond motifs is 14. The molecule has 4 heterocycles. The summed E-state index contributed by atoms with van der Waals surface area (Å²) in [4.78, 5) is 0. The van der Waals surface area contributed by atoms with Gasteiger partial charge in [0.1, 0.15) is 12.1 Å². The summed E-state index contributed by atoms with van der Waals surface area (Å²) in [7, 11) is 0. The molecule has 370 valence electrons. The van der Waals surface area contributed by atoms with E-state index in [9.17, 15) is 10.5 Å². The summed E-state index contributed by atoms with van der Waals surface area (Å²) >= 11 is 3.61. The van der Waals surface area contributed by atoms with Crippen LogP contribution in [-0.2, 0) is 0 Å². The minimum atomic E-state index is 0.414. The van der Waals surface area contributed by atoms with Gasteiger partial charge in [0.2, 0.25) is 0 Å². The van der Waals surface area contributed by atoms with Crippen LogP contribution in [0.2, 0.25) is 0 Å². The highest BCUT2D eigenvalue weighted by molar-refractivity contribution is 7.27. The van der Waals surface area contributed by atoms with Crippen LogP contribution >= 0.6 is 22.7 Å². The van der Waals surface area contributed by atoms with Crippen molar-refractivity contribution in [2.45, 2.75) is 0 Å². The Bertz CT molecular complexity index is 5190. The van der Waals surface area contributed by atoms with Crippen LogP contribution in [-0.4, -0.2) is 9.13 Å². The molecule has 0 saturated carbocycles. The van der Waals surface area contributed by atoms with E-state index in [1.54, 1.807) is 11.3 Å². The second kappa shape index (κ2) is 18.1. The minimum absolute atomic E-state index is 0.414. The van der Waals surface area contributed by atoms with E-state index in [0.717, 1.165) is 108 Å². The number of hydrogen-bond donors (Lipinski definition) is 0. The van der Waals surface area contributed by atoms with E-state index in [2.05, 4.69) is 246 Å². The predicted octanol–water partition coefficient (Wildman–Crippen LogP) is 20.7. The number of aromatic nitrogens is 2. The number of benzene rings is 12. The molecule has 0 atom stereocenters. The molecule has 0 aliphatic carbocycles. The summed E-state index contributed by atoms with van der Waals surface area (Å²) in [5.74, 6) is 0. The molecule has 0 aliphatic rings. The molecule has 16 rings (SSSR count). The molecule has 0 amide bonds. The van der Waals surface area contributed by atoms with Crippen LogP contribution in [0.4, 0.5) is 0 Å². The van der Waals surface area contributed by atoms with Gasteiger partial charge in [0.05, 0.1) is 54.0 Å². The third-order valence-corrected chi connectivity index (χ3v) is 18.6. The van der Waals surface area contributed by atoms with Gasteiger partial charge in [-0.15, -0.1) is 22.7 Å². The first-order valence-corrected chi connectivity index (χ1v) is 28.4. The van der Waals surface area contributed by atoms with Gasteiger partial charge in [-0.25, -0.2) is 0 Å². The lowest BCUT2D eigenvalue weighted by atomic mass is 9.84. The number of thiophene rings is 2. The van der Waals surface area contributed by atoms with Gasteiger partial charge in [-0.1, -0.05) is 218 Å². The van der Waals surface area contributed by atoms with E-state index in [4.69, 9.17) is 0 Å². The Morgan fingerprint density at radius 2 is 0.713 bits per heavy atom. The smallest absolute Gasteiger partial charge is 0.102 e. The van der Waals surface area contributed by atoms with Crippen LogP contribution < -0.4 is 0 Å². The van der Waals surface area contributed by atoms with Gasteiger partial charge in [0.15, 0.2) is 0 Å². The molecule has 0 fully saturated rings. The predicted molar refractivity (Wildman–Crippen MR) is 338 cm³/mol. The maximum atomic E-state index is 12.6. The lowest BCUT2D eigenvalue weighted by molar-refractivity contribution is 1.13. The highest BCUT2D eigenvalue weighted by atomic mass is 32.1. The van der Waals surface area contributed by atoms with Crippen molar-refractivity contribution in [2.75, 3.05) is 0 Å². The maximum Gasteiger partial charge on any atom is 0.102 e. The van der Waals surface area contributed by atoms with E-state index < -0.39 is 0 Å². The molecule has 80 heavy (non-hydrogen) atoms. The third-order valence-electron chi connectivity index (χ3n) is 16.2. The first-order valence-electron chi connectivity index (χ1n) is 26.8. The zero-order valence-corrected chi connectivity index (χ0v) is 44.5. The molecule has 4 nitrogen and oxygen atoms in total. The van der Waals surface area contributed by atoms with Crippen LogP contribution in [0.3, 0.4) is 0 Å². The van der Waals surface area contributed by atoms with Crippen molar-refractivity contribution >= 4 is 107 Å². The summed E-state index contributed by atoms with van der Waals surface area (Å²) in [5.41, 5.74) is 15.7. The van der Waals surface area contributed by atoms with Crippen LogP contribution in [0.1, 0.15) is 11.1 Å². The Hall–Kier alpha value is -10.3. The molecule has 6 heteroatoms. The fourth-order valence-corrected chi connectivity index (χ4v) is 15.4. The molecule has 0 bridgehead atoms. The summed E-state index contributed by atoms with van der Waals surface area (Å²) in [6.45, 7) is 0. The van der Waals surface area contributed by atoms with Crippen molar-refractivity contribution in [1.29, 1.82) is 10.5 Å². The Kier molecular flexibility index (Phi) is 10.4. The minimum Gasteiger partial charge on any atom is -0.307 e. The van der Waals surface area contributed by atoms with E-state index in [0.29, 0.717) is 28.1 Å². The quantitative estimate of drug-likeness (QED) is 0.160. The molecule has 0 radical (unpaired) electrons. The van der Waals surface area contributed by atoms with Crippen molar-refractivity contribution in [3.63, 3.8) is 0 Å². The summed E-state index contributed by atoms with van der Waals surface area (Å²) in [5, 5.41) is 33.8. The van der Waals surface area contributed by atoms with Crippen LogP contribution in [0.5, 0.6) is 0 Å². The normalized spacial score (nSPS) is 11.7. The first kappa shape index (κ1) is 45.8. The molecule has 0 N–H and O–H groups in total. The monoisotopic (exact) mass is 1050 g/mol. The van der Waals surface area contributed by atoms with Crippen molar-refractivity contribution in [1.82, 2.24) is 9.13 Å². The number of rotatable bonds is 7. The van der Waals surface area contributed by atoms with Crippen LogP contribution in [0, 0.1) is 22.7 Å². The van der Waals surface area contributed by atoms with Gasteiger partial charge in [-0.2, -0.15) is 10.5 Å². The molecular formula is C74H42N4S2. The second-order valence-corrected chi connectivity index (χ2v) is 22.5. The molecule has 0 unspecified atom stereocenters. The fraction of sp³-hybridized carbons (Fsp3) is 0. The van der Waals surface area contributed by atoms with Crippen LogP contribution in [0.15, 0.2) is 255 Å². The first-order chi connectivity index (χ1) is 39.6. The van der Waals surface area contributed by atoms with Crippen LogP contribution in [0.25, 0.3) is 151 Å². The molecule has 0 aliphatic heterocycles. The van der Waals surface area contributed by atoms with E-state index in [1.165, 1.54) is 25.7 Å². The van der Waals surface area contributed by atoms with E-state index >= 15 is 0 Å². The topological polar surface area (TPSA) is 57.4 Å². The number of hydrogen-bond acceptors (Lipinski definition) is 4. The molecule has 0 spiro atoms. The number of nitriles is 2. The van der Waals surface area contributed by atoms with Gasteiger partial charge in [0.25, 0.3) is 0 Å². The zero-order chi connectivity index (χ0) is 53.0. The van der Waals surface area contributed by atoms with Gasteiger partial charge >= 0.3 is 0 Å². The van der Waals surface area contributed by atoms with Gasteiger partial charge in [-0.3, -0.25) is 0 Å². The Labute approximate surface area is 468 Å². The highest BCUT2D eigenvalue weighted by Crippen LogP contribution is 2.54. The Balaban J connectivity index is 1.21. The van der Waals surface area contributed by atoms with E-state index in [-0.39, 0.29) is 0 Å². The van der Waals surface area contributed by atoms with Crippen molar-refractivity contribution in [3.05, 3.63) is 266 Å². The summed E-state index contributed by atoms with van der Waals surface area (Å²) in [6.07, 6.45) is 0. The molecule has 12 aromatic carbocycles. The highest BCUT2D eigenvalue weighted by Gasteiger charge is 2.33. The van der Waals surface area contributed by atoms with Gasteiger partial charge < -0.3 is 9.13 Å². The Morgan fingerprint density at radius 1 is 0.287 bits per heavy atom.